The van der Waals surface area contributed by atoms with E-state index in [4.69, 9.17) is 10.9 Å². The van der Waals surface area contributed by atoms with E-state index < -0.39 is 15.9 Å². The average Bonchev–Trinajstić information content (AvgIpc) is 3.20. The SMILES string of the molecule is CC(=O)Nc1cccc(Nc2nc(NC(C)(C)C)ncc2C)c1.Cc1cnc(NC(C)(C)C)nc1Nc1cccc(C(N)=O)c1.Cc1cnc(NC(C)(C)C)nc1Nc1cccc(S(N)(=O)=O)c1. The van der Waals surface area contributed by atoms with Gasteiger partial charge < -0.3 is 43.0 Å². The molecule has 3 aromatic heterocycles. The summed E-state index contributed by atoms with van der Waals surface area (Å²) in [4.78, 5) is 48.7. The number of aryl methyl sites for hydroxylation is 3. The number of anilines is 10. The molecule has 68 heavy (non-hydrogen) atoms. The van der Waals surface area contributed by atoms with Crippen LogP contribution in [-0.2, 0) is 14.8 Å². The van der Waals surface area contributed by atoms with Crippen LogP contribution in [0.15, 0.2) is 96.3 Å². The molecule has 3 heterocycles. The first-order valence-corrected chi connectivity index (χ1v) is 23.1. The number of rotatable bonds is 12. The summed E-state index contributed by atoms with van der Waals surface area (Å²) in [6.07, 6.45) is 5.23. The summed E-state index contributed by atoms with van der Waals surface area (Å²) in [5, 5.41) is 27.2. The van der Waals surface area contributed by atoms with E-state index in [-0.39, 0.29) is 27.4 Å². The standard InChI is InChI=1S/C17H23N5O.C16H21N5O.C15H21N5O2S/c1-11-10-18-16(22-17(3,4)5)21-15(11)20-14-8-6-7-13(9-14)19-12(2)23;1-10-9-18-15(21-16(2,3)4)20-14(10)19-12-7-5-6-11(8-12)13(17)22;1-10-9-17-14(20-15(2,3)4)19-13(10)18-11-6-5-7-12(8-11)23(16,21)22/h6-10H,1-5H3,(H,19,23)(H2,18,20,21,22);5-9H,1-4H3,(H2,17,22)(H2,18,19,20,21);5-9H,1-4H3,(H2,16,21,22)(H2,17,18,19,20). The number of carbonyl (C=O) groups is 2. The number of nitrogens with one attached hydrogen (secondary N) is 7. The van der Waals surface area contributed by atoms with Gasteiger partial charge in [0.25, 0.3) is 0 Å². The second-order valence-corrected chi connectivity index (χ2v) is 20.5. The average molecular weight is 948 g/mol. The number of nitrogens with two attached hydrogens (primary N) is 2. The number of primary amides is 1. The summed E-state index contributed by atoms with van der Waals surface area (Å²) in [5.74, 6) is 3.06. The van der Waals surface area contributed by atoms with E-state index >= 15 is 0 Å². The number of primary sulfonamides is 1. The lowest BCUT2D eigenvalue weighted by Crippen LogP contribution is -2.27. The van der Waals surface area contributed by atoms with Gasteiger partial charge in [-0.1, -0.05) is 18.2 Å². The summed E-state index contributed by atoms with van der Waals surface area (Å²) >= 11 is 0. The van der Waals surface area contributed by atoms with E-state index in [2.05, 4.69) is 87.9 Å². The van der Waals surface area contributed by atoms with Gasteiger partial charge in [0, 0.05) is 87.1 Å². The predicted molar refractivity (Wildman–Crippen MR) is 274 cm³/mol. The van der Waals surface area contributed by atoms with Gasteiger partial charge in [-0.25, -0.2) is 28.5 Å². The van der Waals surface area contributed by atoms with Crippen molar-refractivity contribution >= 4 is 79.9 Å². The Labute approximate surface area is 399 Å². The molecule has 362 valence electrons. The Morgan fingerprint density at radius 1 is 0.529 bits per heavy atom. The van der Waals surface area contributed by atoms with Crippen LogP contribution in [0.25, 0.3) is 0 Å². The second-order valence-electron chi connectivity index (χ2n) is 19.0. The molecule has 0 saturated carbocycles. The Morgan fingerprint density at radius 3 is 1.25 bits per heavy atom. The molecular weight excluding hydrogens is 883 g/mol. The highest BCUT2D eigenvalue weighted by atomic mass is 32.2. The van der Waals surface area contributed by atoms with Crippen molar-refractivity contribution < 1.29 is 18.0 Å². The summed E-state index contributed by atoms with van der Waals surface area (Å²) < 4.78 is 22.9. The number of hydrogen-bond donors (Lipinski definition) is 9. The van der Waals surface area contributed by atoms with Crippen LogP contribution >= 0.6 is 0 Å². The van der Waals surface area contributed by atoms with Gasteiger partial charge in [-0.3, -0.25) is 9.59 Å². The molecule has 0 atom stereocenters. The zero-order valence-corrected chi connectivity index (χ0v) is 41.9. The molecule has 0 saturated heterocycles. The molecule has 2 amide bonds. The number of amides is 2. The van der Waals surface area contributed by atoms with Crippen molar-refractivity contribution in [1.82, 2.24) is 29.9 Å². The highest BCUT2D eigenvalue weighted by Crippen LogP contribution is 2.25. The highest BCUT2D eigenvalue weighted by Gasteiger charge is 2.16. The minimum absolute atomic E-state index is 0.0437. The number of benzene rings is 3. The van der Waals surface area contributed by atoms with Gasteiger partial charge in [0.1, 0.15) is 17.5 Å². The summed E-state index contributed by atoms with van der Waals surface area (Å²) in [5.41, 5.74) is 10.9. The third-order valence-electron chi connectivity index (χ3n) is 8.66. The normalized spacial score (nSPS) is 11.4. The number of carbonyl (C=O) groups excluding carboxylic acids is 2. The molecule has 0 aliphatic rings. The minimum Gasteiger partial charge on any atom is -0.366 e. The van der Waals surface area contributed by atoms with Crippen LogP contribution in [0.3, 0.4) is 0 Å². The number of aromatic nitrogens is 6. The van der Waals surface area contributed by atoms with Gasteiger partial charge in [-0.15, -0.1) is 0 Å². The number of hydrogen-bond acceptors (Lipinski definition) is 16. The van der Waals surface area contributed by atoms with Gasteiger partial charge >= 0.3 is 0 Å². The van der Waals surface area contributed by atoms with Crippen molar-refractivity contribution in [1.29, 1.82) is 0 Å². The smallest absolute Gasteiger partial charge is 0.248 e. The van der Waals surface area contributed by atoms with E-state index in [1.807, 2.05) is 92.6 Å². The van der Waals surface area contributed by atoms with Crippen molar-refractivity contribution in [3.05, 3.63) is 114 Å². The van der Waals surface area contributed by atoms with E-state index in [9.17, 15) is 18.0 Å². The lowest BCUT2D eigenvalue weighted by atomic mass is 10.1. The van der Waals surface area contributed by atoms with Crippen LogP contribution in [-0.4, -0.2) is 66.8 Å². The molecule has 6 rings (SSSR count). The maximum atomic E-state index is 11.4. The third kappa shape index (κ3) is 18.4. The van der Waals surface area contributed by atoms with E-state index in [0.29, 0.717) is 40.7 Å². The van der Waals surface area contributed by atoms with Crippen LogP contribution in [0.4, 0.5) is 58.0 Å². The Hall–Kier alpha value is -7.45. The maximum absolute atomic E-state index is 11.4. The molecule has 3 aromatic carbocycles. The quantitative estimate of drug-likeness (QED) is 0.0553. The van der Waals surface area contributed by atoms with Crippen molar-refractivity contribution in [3.63, 3.8) is 0 Å². The molecule has 0 aliphatic carbocycles. The fraction of sp³-hybridized carbons (Fsp3) is 0.333. The van der Waals surface area contributed by atoms with Crippen LogP contribution in [0, 0.1) is 20.8 Å². The molecule has 6 aromatic rings. The fourth-order valence-electron chi connectivity index (χ4n) is 5.68. The largest absolute Gasteiger partial charge is 0.366 e. The Morgan fingerprint density at radius 2 is 0.882 bits per heavy atom. The Balaban J connectivity index is 0.000000222. The van der Waals surface area contributed by atoms with Crippen molar-refractivity contribution in [2.75, 3.05) is 37.2 Å². The molecule has 0 fully saturated rings. The van der Waals surface area contributed by atoms with E-state index in [0.717, 1.165) is 39.6 Å². The monoisotopic (exact) mass is 948 g/mol. The van der Waals surface area contributed by atoms with Crippen LogP contribution in [0.5, 0.6) is 0 Å². The van der Waals surface area contributed by atoms with Crippen LogP contribution in [0.2, 0.25) is 0 Å². The topological polar surface area (TPSA) is 282 Å². The Kier molecular flexibility index (Phi) is 17.5. The number of nitrogens with zero attached hydrogens (tertiary/aromatic N) is 6. The summed E-state index contributed by atoms with van der Waals surface area (Å²) in [7, 11) is -3.75. The first-order valence-electron chi connectivity index (χ1n) is 21.6. The van der Waals surface area contributed by atoms with Gasteiger partial charge in [0.05, 0.1) is 4.90 Å². The van der Waals surface area contributed by atoms with E-state index in [1.54, 1.807) is 48.9 Å². The molecular formula is C48H65N15O4S. The molecule has 0 bridgehead atoms. The third-order valence-corrected chi connectivity index (χ3v) is 9.57. The molecule has 0 unspecified atom stereocenters. The minimum atomic E-state index is -3.75. The van der Waals surface area contributed by atoms with E-state index in [1.165, 1.54) is 19.1 Å². The predicted octanol–water partition coefficient (Wildman–Crippen LogP) is 8.92. The van der Waals surface area contributed by atoms with Gasteiger partial charge in [-0.2, -0.15) is 15.0 Å². The molecule has 11 N–H and O–H groups in total. The van der Waals surface area contributed by atoms with Gasteiger partial charge in [-0.05, 0) is 138 Å². The first kappa shape index (κ1) is 53.2. The first-order chi connectivity index (χ1) is 31.5. The van der Waals surface area contributed by atoms with Gasteiger partial charge in [0.15, 0.2) is 0 Å². The molecule has 0 radical (unpaired) electrons. The summed E-state index contributed by atoms with van der Waals surface area (Å²) in [6.45, 7) is 25.5. The maximum Gasteiger partial charge on any atom is 0.248 e. The van der Waals surface area contributed by atoms with Crippen LogP contribution < -0.4 is 48.1 Å². The van der Waals surface area contributed by atoms with Crippen molar-refractivity contribution in [3.8, 4) is 0 Å². The second kappa shape index (κ2) is 22.4. The molecule has 0 spiro atoms. The zero-order valence-electron chi connectivity index (χ0n) is 41.0. The van der Waals surface area contributed by atoms with Gasteiger partial charge in [0.2, 0.25) is 39.7 Å². The number of sulfonamides is 1. The van der Waals surface area contributed by atoms with Crippen molar-refractivity contribution in [2.24, 2.45) is 10.9 Å². The lowest BCUT2D eigenvalue weighted by Gasteiger charge is -2.21. The van der Waals surface area contributed by atoms with Crippen LogP contribution in [0.1, 0.15) is 96.3 Å². The highest BCUT2D eigenvalue weighted by molar-refractivity contribution is 7.89. The Bertz CT molecular complexity index is 2820. The molecule has 20 heteroatoms. The van der Waals surface area contributed by atoms with Crippen molar-refractivity contribution in [2.45, 2.75) is 112 Å². The molecule has 19 nitrogen and oxygen atoms in total. The fourth-order valence-corrected chi connectivity index (χ4v) is 6.24. The molecule has 0 aliphatic heterocycles. The summed E-state index contributed by atoms with van der Waals surface area (Å²) in [6, 6.07) is 20.8. The zero-order chi connectivity index (χ0) is 50.6. The lowest BCUT2D eigenvalue weighted by molar-refractivity contribution is -0.114.